The molecule has 1 radical (unpaired) electrons. The second kappa shape index (κ2) is 18.7. The SMILES string of the molecule is C=CC(=O)[NH2+]c1ccc(-n2[nH]c(C)c(N=Nc3ccccc3C(=O)[O-])c2=O)cc1.Cc1[nH]n(-c2ccccc2)c(=O)c1N=Nc1ccc(S(=O)(=O)O)cc1C(=O)[O-].[Cr+3]. The van der Waals surface area contributed by atoms with E-state index in [-0.39, 0.29) is 51.6 Å². The van der Waals surface area contributed by atoms with Crippen molar-refractivity contribution in [1.82, 2.24) is 19.6 Å². The number of carboxylic acid groups (broad SMARTS) is 2. The van der Waals surface area contributed by atoms with Crippen LogP contribution in [0.15, 0.2) is 145 Å². The number of quaternary nitrogens is 1. The number of aromatic nitrogens is 4. The fourth-order valence-corrected chi connectivity index (χ4v) is 5.57. The molecule has 0 aliphatic heterocycles. The largest absolute Gasteiger partial charge is 3.00 e. The van der Waals surface area contributed by atoms with Gasteiger partial charge in [-0.25, -0.2) is 19.5 Å². The van der Waals surface area contributed by atoms with E-state index in [9.17, 15) is 42.6 Å². The smallest absolute Gasteiger partial charge is 0.545 e. The van der Waals surface area contributed by atoms with Gasteiger partial charge in [0.05, 0.1) is 51.0 Å². The molecule has 6 aromatic rings. The standard InChI is InChI=1S/C20H17N5O4.C17H14N4O6S.Cr/c1-3-17(26)21-13-8-10-14(11-9-13)25-19(27)18(12(2)24-25)23-22-16-7-5-4-6-15(16)20(28)29;1-10-15(16(22)21(20-10)11-5-3-2-4-6-11)19-18-14-8-7-12(28(25,26)27)9-13(14)17(23)24;/h3-11,24H,1H2,2H3,(H,21,26)(H,28,29);2-9,20H,1H3,(H,23,24)(H,25,26,27);/q;;+3/p-1. The number of hydrogen-bond donors (Lipinski definition) is 4. The zero-order chi connectivity index (χ0) is 41.4. The number of primary amides is 1. The molecule has 0 spiro atoms. The molecule has 4 aromatic carbocycles. The van der Waals surface area contributed by atoms with Crippen molar-refractivity contribution in [2.75, 3.05) is 0 Å². The van der Waals surface area contributed by atoms with Crippen LogP contribution in [0.1, 0.15) is 32.1 Å². The van der Waals surface area contributed by atoms with Gasteiger partial charge in [-0.3, -0.25) is 24.3 Å². The Bertz CT molecular complexity index is 2810. The van der Waals surface area contributed by atoms with Gasteiger partial charge in [0.15, 0.2) is 11.4 Å². The molecule has 1 amide bonds. The number of hydrogen-bond acceptors (Lipinski definition) is 13. The average molecular weight is 845 g/mol. The first-order valence-corrected chi connectivity index (χ1v) is 17.8. The second-order valence-electron chi connectivity index (χ2n) is 11.8. The van der Waals surface area contributed by atoms with Crippen molar-refractivity contribution in [2.45, 2.75) is 18.7 Å². The molecule has 0 atom stereocenters. The van der Waals surface area contributed by atoms with Gasteiger partial charge in [0.1, 0.15) is 5.69 Å². The van der Waals surface area contributed by atoms with Gasteiger partial charge in [-0.05, 0) is 62.4 Å². The Labute approximate surface area is 338 Å². The number of azo groups is 2. The number of aromatic amines is 2. The summed E-state index contributed by atoms with van der Waals surface area (Å²) in [5, 5.41) is 45.0. The minimum absolute atomic E-state index is 0. The first kappa shape index (κ1) is 43.6. The van der Waals surface area contributed by atoms with Crippen molar-refractivity contribution >= 4 is 56.4 Å². The van der Waals surface area contributed by atoms with E-state index in [0.29, 0.717) is 34.5 Å². The molecule has 0 saturated heterocycles. The molecule has 0 saturated carbocycles. The summed E-state index contributed by atoms with van der Waals surface area (Å²) in [4.78, 5) is 58.5. The third kappa shape index (κ3) is 10.2. The van der Waals surface area contributed by atoms with Crippen LogP contribution in [-0.2, 0) is 32.3 Å². The molecule has 5 N–H and O–H groups in total. The van der Waals surface area contributed by atoms with Gasteiger partial charge in [0.25, 0.3) is 21.2 Å². The van der Waals surface area contributed by atoms with Crippen molar-refractivity contribution < 1.29 is 60.2 Å². The number of benzene rings is 4. The number of nitrogens with one attached hydrogen (secondary N) is 2. The number of amides is 1. The van der Waals surface area contributed by atoms with Crippen molar-refractivity contribution in [3.8, 4) is 11.4 Å². The minimum atomic E-state index is -4.61. The number of carbonyl (C=O) groups excluding carboxylic acids is 3. The van der Waals surface area contributed by atoms with E-state index in [2.05, 4.69) is 37.2 Å². The van der Waals surface area contributed by atoms with Crippen LogP contribution in [0.4, 0.5) is 28.4 Å². The molecule has 293 valence electrons. The van der Waals surface area contributed by atoms with E-state index in [4.69, 9.17) is 4.55 Å². The number of rotatable bonds is 11. The summed E-state index contributed by atoms with van der Waals surface area (Å²) in [5.41, 5.74) is 0.822. The van der Waals surface area contributed by atoms with Gasteiger partial charge in [-0.2, -0.15) is 8.42 Å². The molecule has 19 nitrogen and oxygen atoms in total. The van der Waals surface area contributed by atoms with Gasteiger partial charge in [-0.15, -0.1) is 20.5 Å². The Hall–Kier alpha value is -7.15. The van der Waals surface area contributed by atoms with E-state index in [0.717, 1.165) is 12.1 Å². The van der Waals surface area contributed by atoms with Crippen molar-refractivity contribution in [2.24, 2.45) is 20.5 Å². The van der Waals surface area contributed by atoms with E-state index in [1.165, 1.54) is 32.9 Å². The Morgan fingerprint density at radius 3 is 1.69 bits per heavy atom. The number of nitrogens with zero attached hydrogens (tertiary/aromatic N) is 6. The predicted molar refractivity (Wildman–Crippen MR) is 199 cm³/mol. The van der Waals surface area contributed by atoms with Gasteiger partial charge in [0, 0.05) is 29.3 Å². The Balaban J connectivity index is 0.000000252. The van der Waals surface area contributed by atoms with Crippen LogP contribution in [0.25, 0.3) is 11.4 Å². The Morgan fingerprint density at radius 2 is 1.19 bits per heavy atom. The zero-order valence-electron chi connectivity index (χ0n) is 30.2. The van der Waals surface area contributed by atoms with Crippen LogP contribution in [0, 0.1) is 13.8 Å². The molecule has 21 heteroatoms. The third-order valence-electron chi connectivity index (χ3n) is 7.88. The zero-order valence-corrected chi connectivity index (χ0v) is 32.3. The summed E-state index contributed by atoms with van der Waals surface area (Å²) in [5.74, 6) is -3.31. The maximum atomic E-state index is 12.7. The number of carboxylic acids is 2. The first-order valence-electron chi connectivity index (χ1n) is 16.4. The summed E-state index contributed by atoms with van der Waals surface area (Å²) >= 11 is 0. The molecule has 0 unspecified atom stereocenters. The number of aryl methyl sites for hydroxylation is 2. The van der Waals surface area contributed by atoms with Crippen LogP contribution in [0.2, 0.25) is 0 Å². The molecule has 0 aliphatic carbocycles. The van der Waals surface area contributed by atoms with Crippen LogP contribution >= 0.6 is 0 Å². The van der Waals surface area contributed by atoms with Crippen molar-refractivity contribution in [3.63, 3.8) is 0 Å². The maximum absolute atomic E-state index is 12.7. The molecular formula is C37H30CrN9O10S+2. The third-order valence-corrected chi connectivity index (χ3v) is 8.73. The average Bonchev–Trinajstić information content (AvgIpc) is 3.64. The minimum Gasteiger partial charge on any atom is -0.545 e. The fraction of sp³-hybridized carbons (Fsp3) is 0.0541. The van der Waals surface area contributed by atoms with Gasteiger partial charge in [0.2, 0.25) is 0 Å². The molecule has 0 aliphatic rings. The van der Waals surface area contributed by atoms with E-state index >= 15 is 0 Å². The maximum Gasteiger partial charge on any atom is 3.00 e. The monoisotopic (exact) mass is 844 g/mol. The summed E-state index contributed by atoms with van der Waals surface area (Å²) in [6.45, 7) is 6.66. The normalized spacial score (nSPS) is 11.2. The van der Waals surface area contributed by atoms with E-state index < -0.39 is 43.6 Å². The molecule has 58 heavy (non-hydrogen) atoms. The van der Waals surface area contributed by atoms with Gasteiger partial charge in [-0.1, -0.05) is 43.0 Å². The number of aromatic carboxylic acids is 2. The summed E-state index contributed by atoms with van der Waals surface area (Å²) < 4.78 is 33.9. The summed E-state index contributed by atoms with van der Waals surface area (Å²) in [6.07, 6.45) is 1.21. The molecule has 2 heterocycles. The molecular weight excluding hydrogens is 815 g/mol. The molecule has 0 fully saturated rings. The number of nitrogens with two attached hydrogens (primary N) is 1. The van der Waals surface area contributed by atoms with Crippen molar-refractivity contribution in [3.05, 3.63) is 153 Å². The van der Waals surface area contributed by atoms with Gasteiger partial charge >= 0.3 is 23.3 Å². The fourth-order valence-electron chi connectivity index (χ4n) is 5.06. The first-order chi connectivity index (χ1) is 27.1. The Morgan fingerprint density at radius 1 is 0.707 bits per heavy atom. The Kier molecular flexibility index (Phi) is 14.0. The quantitative estimate of drug-likeness (QED) is 0.0640. The van der Waals surface area contributed by atoms with Crippen molar-refractivity contribution in [1.29, 1.82) is 0 Å². The van der Waals surface area contributed by atoms with Crippen LogP contribution in [-0.4, -0.2) is 50.4 Å². The van der Waals surface area contributed by atoms with Crippen LogP contribution in [0.5, 0.6) is 0 Å². The number of carbonyl (C=O) groups is 3. The summed E-state index contributed by atoms with van der Waals surface area (Å²) in [6, 6.07) is 24.1. The van der Waals surface area contributed by atoms with Gasteiger partial charge < -0.3 is 19.8 Å². The predicted octanol–water partition coefficient (Wildman–Crippen LogP) is 2.66. The van der Waals surface area contributed by atoms with E-state index in [1.807, 2.05) is 0 Å². The second-order valence-corrected chi connectivity index (χ2v) is 13.2. The molecule has 0 bridgehead atoms. The number of para-hydroxylation sites is 1. The van der Waals surface area contributed by atoms with Crippen LogP contribution in [0.3, 0.4) is 0 Å². The van der Waals surface area contributed by atoms with E-state index in [1.54, 1.807) is 80.6 Å². The molecule has 2 aromatic heterocycles. The molecule has 6 rings (SSSR count). The summed E-state index contributed by atoms with van der Waals surface area (Å²) in [7, 11) is -4.61. The number of H-pyrrole nitrogens is 2. The topological polar surface area (TPSA) is 293 Å². The van der Waals surface area contributed by atoms with Crippen LogP contribution < -0.4 is 26.6 Å².